The number of nitrogens with one attached hydrogen (secondary N) is 1. The summed E-state index contributed by atoms with van der Waals surface area (Å²) in [4.78, 5) is 22.3. The minimum Gasteiger partial charge on any atom is -0.480 e. The van der Waals surface area contributed by atoms with E-state index in [0.717, 1.165) is 0 Å². The van der Waals surface area contributed by atoms with Crippen molar-refractivity contribution in [2.45, 2.75) is 52.2 Å². The largest absolute Gasteiger partial charge is 0.480 e. The maximum Gasteiger partial charge on any atom is 0.408 e. The molecule has 88 valence electrons. The maximum absolute atomic E-state index is 11.3. The van der Waals surface area contributed by atoms with Gasteiger partial charge in [0.05, 0.1) is 6.10 Å². The van der Waals surface area contributed by atoms with Crippen molar-refractivity contribution in [1.29, 1.82) is 0 Å². The van der Waals surface area contributed by atoms with Gasteiger partial charge in [-0.3, -0.25) is 0 Å². The van der Waals surface area contributed by atoms with Crippen LogP contribution in [-0.2, 0) is 9.53 Å². The summed E-state index contributed by atoms with van der Waals surface area (Å²) in [5.41, 5.74) is -1.22. The second-order valence-electron chi connectivity index (χ2n) is 3.67. The third kappa shape index (κ3) is 3.77. The number of hydrogen-bond acceptors (Lipinski definition) is 3. The molecule has 0 aromatic heterocycles. The topological polar surface area (TPSA) is 75.6 Å². The number of rotatable bonds is 5. The summed E-state index contributed by atoms with van der Waals surface area (Å²) in [6, 6.07) is 0. The molecule has 0 bridgehead atoms. The molecule has 0 fully saturated rings. The van der Waals surface area contributed by atoms with Crippen LogP contribution in [0.5, 0.6) is 0 Å². The lowest BCUT2D eigenvalue weighted by molar-refractivity contribution is -0.145. The molecular formula is C10H19NO4. The second kappa shape index (κ2) is 5.58. The maximum atomic E-state index is 11.3. The molecule has 0 aliphatic rings. The van der Waals surface area contributed by atoms with Gasteiger partial charge in [-0.2, -0.15) is 0 Å². The lowest BCUT2D eigenvalue weighted by Crippen LogP contribution is -2.54. The van der Waals surface area contributed by atoms with E-state index in [-0.39, 0.29) is 6.10 Å². The molecule has 0 atom stereocenters. The Morgan fingerprint density at radius 2 is 1.80 bits per heavy atom. The quantitative estimate of drug-likeness (QED) is 0.735. The van der Waals surface area contributed by atoms with Gasteiger partial charge in [0.15, 0.2) is 0 Å². The SMILES string of the molecule is CCC(CC)(NC(=O)OC(C)C)C(=O)O. The summed E-state index contributed by atoms with van der Waals surface area (Å²) in [6.45, 7) is 6.85. The van der Waals surface area contributed by atoms with Gasteiger partial charge in [-0.15, -0.1) is 0 Å². The van der Waals surface area contributed by atoms with Crippen LogP contribution in [0.25, 0.3) is 0 Å². The van der Waals surface area contributed by atoms with E-state index < -0.39 is 17.6 Å². The lowest BCUT2D eigenvalue weighted by atomic mass is 9.93. The highest BCUT2D eigenvalue weighted by Gasteiger charge is 2.37. The number of carbonyl (C=O) groups excluding carboxylic acids is 1. The van der Waals surface area contributed by atoms with E-state index in [1.54, 1.807) is 27.7 Å². The molecule has 15 heavy (non-hydrogen) atoms. The molecule has 0 radical (unpaired) electrons. The van der Waals surface area contributed by atoms with Crippen LogP contribution >= 0.6 is 0 Å². The Bertz CT molecular complexity index is 234. The van der Waals surface area contributed by atoms with Gasteiger partial charge >= 0.3 is 12.1 Å². The smallest absolute Gasteiger partial charge is 0.408 e. The van der Waals surface area contributed by atoms with Crippen molar-refractivity contribution in [2.75, 3.05) is 0 Å². The Labute approximate surface area is 89.8 Å². The molecule has 5 heteroatoms. The molecule has 5 nitrogen and oxygen atoms in total. The first-order valence-electron chi connectivity index (χ1n) is 5.10. The summed E-state index contributed by atoms with van der Waals surface area (Å²) in [7, 11) is 0. The van der Waals surface area contributed by atoms with Crippen LogP contribution in [0.3, 0.4) is 0 Å². The van der Waals surface area contributed by atoms with Crippen LogP contribution in [0, 0.1) is 0 Å². The summed E-state index contributed by atoms with van der Waals surface area (Å²) in [5, 5.41) is 11.4. The van der Waals surface area contributed by atoms with E-state index in [1.165, 1.54) is 0 Å². The predicted octanol–water partition coefficient (Wildman–Crippen LogP) is 1.76. The molecule has 0 aliphatic carbocycles. The molecule has 0 aliphatic heterocycles. The fourth-order valence-corrected chi connectivity index (χ4v) is 1.22. The van der Waals surface area contributed by atoms with Crippen LogP contribution in [0.1, 0.15) is 40.5 Å². The average molecular weight is 217 g/mol. The zero-order valence-electron chi connectivity index (χ0n) is 9.66. The Morgan fingerprint density at radius 1 is 1.33 bits per heavy atom. The number of carboxylic acids is 1. The first-order chi connectivity index (χ1) is 6.88. The van der Waals surface area contributed by atoms with Crippen molar-refractivity contribution in [3.8, 4) is 0 Å². The monoisotopic (exact) mass is 217 g/mol. The van der Waals surface area contributed by atoms with Gasteiger partial charge in [-0.05, 0) is 26.7 Å². The van der Waals surface area contributed by atoms with Gasteiger partial charge in [-0.1, -0.05) is 13.8 Å². The fraction of sp³-hybridized carbons (Fsp3) is 0.800. The zero-order chi connectivity index (χ0) is 12.1. The van der Waals surface area contributed by atoms with E-state index >= 15 is 0 Å². The van der Waals surface area contributed by atoms with Gasteiger partial charge in [0.25, 0.3) is 0 Å². The summed E-state index contributed by atoms with van der Waals surface area (Å²) in [5.74, 6) is -1.03. The van der Waals surface area contributed by atoms with E-state index in [9.17, 15) is 9.59 Å². The number of carbonyl (C=O) groups is 2. The molecule has 0 aromatic carbocycles. The number of aliphatic carboxylic acids is 1. The van der Waals surface area contributed by atoms with Crippen molar-refractivity contribution >= 4 is 12.1 Å². The summed E-state index contributed by atoms with van der Waals surface area (Å²) < 4.78 is 4.85. The second-order valence-corrected chi connectivity index (χ2v) is 3.67. The highest BCUT2D eigenvalue weighted by Crippen LogP contribution is 2.15. The van der Waals surface area contributed by atoms with Gasteiger partial charge in [0.1, 0.15) is 5.54 Å². The van der Waals surface area contributed by atoms with Crippen LogP contribution in [-0.4, -0.2) is 28.8 Å². The molecule has 0 spiro atoms. The minimum absolute atomic E-state index is 0.259. The van der Waals surface area contributed by atoms with Crippen LogP contribution in [0.2, 0.25) is 0 Å². The molecule has 2 N–H and O–H groups in total. The lowest BCUT2D eigenvalue weighted by Gasteiger charge is -2.27. The van der Waals surface area contributed by atoms with Gasteiger partial charge in [0, 0.05) is 0 Å². The van der Waals surface area contributed by atoms with Crippen molar-refractivity contribution < 1.29 is 19.4 Å². The molecule has 0 aromatic rings. The highest BCUT2D eigenvalue weighted by molar-refractivity contribution is 5.84. The molecule has 0 saturated carbocycles. The third-order valence-electron chi connectivity index (χ3n) is 2.30. The summed E-state index contributed by atoms with van der Waals surface area (Å²) >= 11 is 0. The number of hydrogen-bond donors (Lipinski definition) is 2. The highest BCUT2D eigenvalue weighted by atomic mass is 16.6. The molecule has 1 amide bonds. The Kier molecular flexibility index (Phi) is 5.11. The fourth-order valence-electron chi connectivity index (χ4n) is 1.22. The van der Waals surface area contributed by atoms with Crippen molar-refractivity contribution in [3.05, 3.63) is 0 Å². The van der Waals surface area contributed by atoms with Crippen LogP contribution in [0.15, 0.2) is 0 Å². The van der Waals surface area contributed by atoms with Gasteiger partial charge in [-0.25, -0.2) is 9.59 Å². The Hall–Kier alpha value is -1.26. The van der Waals surface area contributed by atoms with E-state index in [1.807, 2.05) is 0 Å². The zero-order valence-corrected chi connectivity index (χ0v) is 9.66. The van der Waals surface area contributed by atoms with E-state index in [4.69, 9.17) is 9.84 Å². The van der Waals surface area contributed by atoms with Crippen molar-refractivity contribution in [1.82, 2.24) is 5.32 Å². The van der Waals surface area contributed by atoms with Crippen LogP contribution < -0.4 is 5.32 Å². The normalized spacial score (nSPS) is 11.3. The van der Waals surface area contributed by atoms with Crippen molar-refractivity contribution in [3.63, 3.8) is 0 Å². The number of amides is 1. The minimum atomic E-state index is -1.22. The molecule has 0 unspecified atom stereocenters. The Balaban J connectivity index is 4.54. The molecule has 0 heterocycles. The number of alkyl carbamates (subject to hydrolysis) is 1. The first kappa shape index (κ1) is 13.7. The van der Waals surface area contributed by atoms with E-state index in [0.29, 0.717) is 12.8 Å². The number of carboxylic acid groups (broad SMARTS) is 1. The van der Waals surface area contributed by atoms with Gasteiger partial charge in [0.2, 0.25) is 0 Å². The molecule has 0 saturated heterocycles. The standard InChI is InChI=1S/C10H19NO4/c1-5-10(6-2,8(12)13)11-9(14)15-7(3)4/h7H,5-6H2,1-4H3,(H,11,14)(H,12,13). The van der Waals surface area contributed by atoms with Crippen LogP contribution in [0.4, 0.5) is 4.79 Å². The molecule has 0 rings (SSSR count). The average Bonchev–Trinajstić information content (AvgIpc) is 2.12. The molecular weight excluding hydrogens is 198 g/mol. The van der Waals surface area contributed by atoms with Gasteiger partial charge < -0.3 is 15.2 Å². The number of ether oxygens (including phenoxy) is 1. The Morgan fingerprint density at radius 3 is 2.07 bits per heavy atom. The first-order valence-corrected chi connectivity index (χ1v) is 5.10. The summed E-state index contributed by atoms with van der Waals surface area (Å²) in [6.07, 6.45) is -0.292. The van der Waals surface area contributed by atoms with E-state index in [2.05, 4.69) is 5.32 Å². The third-order valence-corrected chi connectivity index (χ3v) is 2.30. The van der Waals surface area contributed by atoms with Crippen molar-refractivity contribution in [2.24, 2.45) is 0 Å². The predicted molar refractivity (Wildman–Crippen MR) is 55.7 cm³/mol.